The number of ether oxygens (including phenoxy) is 1. The van der Waals surface area contributed by atoms with Gasteiger partial charge in [-0.15, -0.1) is 0 Å². The molecule has 3 aliphatic carbocycles. The van der Waals surface area contributed by atoms with Crippen molar-refractivity contribution in [2.45, 2.75) is 45.1 Å². The Hall–Kier alpha value is -2.11. The van der Waals surface area contributed by atoms with Crippen molar-refractivity contribution in [1.82, 2.24) is 10.3 Å². The van der Waals surface area contributed by atoms with Crippen LogP contribution in [0.25, 0.3) is 0 Å². The minimum atomic E-state index is -0.182. The molecular formula is C22H22Cl2N2O3. The number of ketones is 1. The van der Waals surface area contributed by atoms with Gasteiger partial charge in [-0.3, -0.25) is 14.6 Å². The van der Waals surface area contributed by atoms with E-state index in [1.54, 1.807) is 18.2 Å². The molecular weight excluding hydrogens is 411 g/mol. The van der Waals surface area contributed by atoms with E-state index in [1.165, 1.54) is 0 Å². The van der Waals surface area contributed by atoms with Crippen LogP contribution in [0.3, 0.4) is 0 Å². The van der Waals surface area contributed by atoms with Crippen LogP contribution in [0, 0.1) is 19.3 Å². The fraction of sp³-hybridized carbons (Fsp3) is 0.409. The van der Waals surface area contributed by atoms with E-state index in [0.29, 0.717) is 27.8 Å². The molecule has 0 aliphatic heterocycles. The molecule has 3 fully saturated rings. The normalized spacial score (nSPS) is 24.3. The standard InChI is InChI=1S/C22H22Cl2N2O3/c1-13-3-5-16(14(2)25-13)19(27)8-21-10-22(11-21,12-21)26-20(28)9-29-15-4-6-17(23)18(24)7-15/h3-7H,8-12H2,1-2H3,(H,26,28). The maximum Gasteiger partial charge on any atom is 0.258 e. The first kappa shape index (κ1) is 20.2. The molecule has 7 heteroatoms. The summed E-state index contributed by atoms with van der Waals surface area (Å²) >= 11 is 11.8. The molecule has 1 amide bonds. The lowest BCUT2D eigenvalue weighted by Gasteiger charge is -2.70. The largest absolute Gasteiger partial charge is 0.484 e. The number of nitrogens with zero attached hydrogens (tertiary/aromatic N) is 1. The number of hydrogen-bond donors (Lipinski definition) is 1. The van der Waals surface area contributed by atoms with Gasteiger partial charge in [0.1, 0.15) is 5.75 Å². The average Bonchev–Trinajstić information content (AvgIpc) is 2.59. The molecule has 0 radical (unpaired) electrons. The number of nitrogens with one attached hydrogen (secondary N) is 1. The number of carbonyl (C=O) groups is 2. The number of pyridine rings is 1. The molecule has 5 nitrogen and oxygen atoms in total. The van der Waals surface area contributed by atoms with Crippen molar-refractivity contribution >= 4 is 34.9 Å². The van der Waals surface area contributed by atoms with Crippen molar-refractivity contribution < 1.29 is 14.3 Å². The minimum Gasteiger partial charge on any atom is -0.484 e. The number of aryl methyl sites for hydroxylation is 2. The Morgan fingerprint density at radius 1 is 1.10 bits per heavy atom. The third kappa shape index (κ3) is 3.99. The number of halogens is 2. The predicted octanol–water partition coefficient (Wildman–Crippen LogP) is 4.70. The summed E-state index contributed by atoms with van der Waals surface area (Å²) < 4.78 is 5.49. The lowest BCUT2D eigenvalue weighted by Crippen LogP contribution is -2.75. The number of carbonyl (C=O) groups excluding carboxylic acids is 2. The number of rotatable bonds is 7. The highest BCUT2D eigenvalue weighted by Gasteiger charge is 2.68. The Morgan fingerprint density at radius 3 is 2.48 bits per heavy atom. The van der Waals surface area contributed by atoms with Gasteiger partial charge in [-0.1, -0.05) is 23.2 Å². The second-order valence-electron chi connectivity index (χ2n) is 8.41. The SMILES string of the molecule is Cc1ccc(C(=O)CC23CC(NC(=O)COc4ccc(Cl)c(Cl)c4)(C2)C3)c(C)n1. The van der Waals surface area contributed by atoms with E-state index in [1.807, 2.05) is 26.0 Å². The molecule has 1 aromatic carbocycles. The maximum absolute atomic E-state index is 12.7. The number of aromatic nitrogens is 1. The quantitative estimate of drug-likeness (QED) is 0.643. The summed E-state index contributed by atoms with van der Waals surface area (Å²) in [5, 5.41) is 3.89. The number of hydrogen-bond acceptors (Lipinski definition) is 4. The monoisotopic (exact) mass is 432 g/mol. The number of Topliss-reactive ketones (excluding diaryl/α,β-unsaturated/α-hetero) is 1. The van der Waals surface area contributed by atoms with E-state index < -0.39 is 0 Å². The second-order valence-corrected chi connectivity index (χ2v) is 9.22. The van der Waals surface area contributed by atoms with Crippen LogP contribution in [0.2, 0.25) is 10.0 Å². The Labute approximate surface area is 179 Å². The fourth-order valence-electron chi connectivity index (χ4n) is 4.78. The number of benzene rings is 1. The molecule has 3 aliphatic rings. The summed E-state index contributed by atoms with van der Waals surface area (Å²) in [5.41, 5.74) is 2.23. The van der Waals surface area contributed by atoms with Crippen LogP contribution in [-0.4, -0.2) is 28.8 Å². The van der Waals surface area contributed by atoms with Gasteiger partial charge < -0.3 is 10.1 Å². The first-order chi connectivity index (χ1) is 13.7. The van der Waals surface area contributed by atoms with Crippen LogP contribution in [0.4, 0.5) is 0 Å². The molecule has 1 heterocycles. The number of amides is 1. The maximum atomic E-state index is 12.7. The molecule has 0 unspecified atom stereocenters. The van der Waals surface area contributed by atoms with Gasteiger partial charge in [-0.05, 0) is 62.8 Å². The predicted molar refractivity (Wildman–Crippen MR) is 112 cm³/mol. The van der Waals surface area contributed by atoms with E-state index in [2.05, 4.69) is 10.3 Å². The Bertz CT molecular complexity index is 986. The van der Waals surface area contributed by atoms with Gasteiger partial charge in [-0.25, -0.2) is 0 Å². The van der Waals surface area contributed by atoms with Crippen LogP contribution in [0.1, 0.15) is 47.4 Å². The molecule has 2 bridgehead atoms. The third-order valence-electron chi connectivity index (χ3n) is 5.87. The Morgan fingerprint density at radius 2 is 1.83 bits per heavy atom. The van der Waals surface area contributed by atoms with Crippen LogP contribution in [0.15, 0.2) is 30.3 Å². The molecule has 1 N–H and O–H groups in total. The highest BCUT2D eigenvalue weighted by atomic mass is 35.5. The topological polar surface area (TPSA) is 68.3 Å². The van der Waals surface area contributed by atoms with Crippen molar-refractivity contribution in [3.63, 3.8) is 0 Å². The molecule has 152 valence electrons. The van der Waals surface area contributed by atoms with Crippen molar-refractivity contribution in [3.05, 3.63) is 57.3 Å². The zero-order valence-corrected chi connectivity index (χ0v) is 17.9. The lowest BCUT2D eigenvalue weighted by atomic mass is 9.38. The van der Waals surface area contributed by atoms with Gasteiger partial charge in [0, 0.05) is 35.0 Å². The average molecular weight is 433 g/mol. The van der Waals surface area contributed by atoms with Gasteiger partial charge in [-0.2, -0.15) is 0 Å². The second kappa shape index (κ2) is 7.29. The van der Waals surface area contributed by atoms with Gasteiger partial charge in [0.2, 0.25) is 0 Å². The van der Waals surface area contributed by atoms with Crippen LogP contribution >= 0.6 is 23.2 Å². The summed E-state index contributed by atoms with van der Waals surface area (Å²) in [6.07, 6.45) is 3.02. The van der Waals surface area contributed by atoms with Crippen molar-refractivity contribution in [2.75, 3.05) is 6.61 Å². The third-order valence-corrected chi connectivity index (χ3v) is 6.61. The summed E-state index contributed by atoms with van der Waals surface area (Å²) in [5.74, 6) is 0.461. The highest BCUT2D eigenvalue weighted by molar-refractivity contribution is 6.42. The van der Waals surface area contributed by atoms with Gasteiger partial charge in [0.05, 0.1) is 10.0 Å². The van der Waals surface area contributed by atoms with Crippen LogP contribution in [-0.2, 0) is 4.79 Å². The summed E-state index contributed by atoms with van der Waals surface area (Å²) in [4.78, 5) is 29.3. The zero-order chi connectivity index (χ0) is 20.8. The Balaban J connectivity index is 1.26. The van der Waals surface area contributed by atoms with Gasteiger partial charge >= 0.3 is 0 Å². The smallest absolute Gasteiger partial charge is 0.258 e. The van der Waals surface area contributed by atoms with Gasteiger partial charge in [0.15, 0.2) is 12.4 Å². The molecule has 1 aromatic heterocycles. The van der Waals surface area contributed by atoms with Gasteiger partial charge in [0.25, 0.3) is 5.91 Å². The van der Waals surface area contributed by atoms with Crippen molar-refractivity contribution in [1.29, 1.82) is 0 Å². The van der Waals surface area contributed by atoms with E-state index in [0.717, 1.165) is 30.7 Å². The molecule has 0 spiro atoms. The molecule has 3 saturated carbocycles. The molecule has 5 rings (SSSR count). The zero-order valence-electron chi connectivity index (χ0n) is 16.4. The van der Waals surface area contributed by atoms with Crippen molar-refractivity contribution in [2.24, 2.45) is 5.41 Å². The Kier molecular flexibility index (Phi) is 5.07. The summed E-state index contributed by atoms with van der Waals surface area (Å²) in [6.45, 7) is 3.71. The van der Waals surface area contributed by atoms with E-state index in [9.17, 15) is 9.59 Å². The van der Waals surface area contributed by atoms with E-state index in [-0.39, 0.29) is 29.3 Å². The van der Waals surface area contributed by atoms with Crippen LogP contribution in [0.5, 0.6) is 5.75 Å². The molecule has 2 aromatic rings. The fourth-order valence-corrected chi connectivity index (χ4v) is 5.07. The minimum absolute atomic E-state index is 0.0201. The van der Waals surface area contributed by atoms with Crippen LogP contribution < -0.4 is 10.1 Å². The highest BCUT2D eigenvalue weighted by Crippen LogP contribution is 2.69. The van der Waals surface area contributed by atoms with E-state index in [4.69, 9.17) is 27.9 Å². The summed E-state index contributed by atoms with van der Waals surface area (Å²) in [7, 11) is 0. The lowest BCUT2D eigenvalue weighted by molar-refractivity contribution is -0.164. The molecule has 0 saturated heterocycles. The molecule has 29 heavy (non-hydrogen) atoms. The molecule has 0 atom stereocenters. The van der Waals surface area contributed by atoms with E-state index >= 15 is 0 Å². The first-order valence-corrected chi connectivity index (χ1v) is 10.3. The van der Waals surface area contributed by atoms with Crippen molar-refractivity contribution in [3.8, 4) is 5.75 Å². The summed E-state index contributed by atoms with van der Waals surface area (Å²) in [6, 6.07) is 8.62. The first-order valence-electron chi connectivity index (χ1n) is 9.56.